The van der Waals surface area contributed by atoms with E-state index in [1.54, 1.807) is 0 Å². The molecule has 0 aliphatic carbocycles. The number of nitrogen functional groups attached to an aromatic ring is 1. The molecule has 1 aliphatic heterocycles. The highest BCUT2D eigenvalue weighted by Crippen LogP contribution is 2.28. The lowest BCUT2D eigenvalue weighted by Gasteiger charge is -2.31. The standard InChI is InChI=1S/C16H17BrN2/c1-11-8-15(4-5-16(11)17)19-7-6-12-2-3-14(18)9-13(12)10-19/h2-5,8-9H,6-7,10,18H2,1H3. The first-order valence-corrected chi connectivity index (χ1v) is 7.31. The highest BCUT2D eigenvalue weighted by Gasteiger charge is 2.17. The first-order chi connectivity index (χ1) is 9.13. The summed E-state index contributed by atoms with van der Waals surface area (Å²) in [5, 5.41) is 0. The molecule has 2 nitrogen and oxygen atoms in total. The van der Waals surface area contributed by atoms with Gasteiger partial charge in [0.05, 0.1) is 0 Å². The molecule has 0 saturated heterocycles. The lowest BCUT2D eigenvalue weighted by molar-refractivity contribution is 0.732. The summed E-state index contributed by atoms with van der Waals surface area (Å²) in [6.07, 6.45) is 1.09. The summed E-state index contributed by atoms with van der Waals surface area (Å²) in [7, 11) is 0. The molecule has 1 heterocycles. The maximum atomic E-state index is 5.89. The van der Waals surface area contributed by atoms with Crippen molar-refractivity contribution >= 4 is 27.3 Å². The average Bonchev–Trinajstić information content (AvgIpc) is 2.41. The van der Waals surface area contributed by atoms with E-state index in [0.29, 0.717) is 0 Å². The summed E-state index contributed by atoms with van der Waals surface area (Å²) < 4.78 is 1.16. The van der Waals surface area contributed by atoms with Gasteiger partial charge in [0.15, 0.2) is 0 Å². The average molecular weight is 317 g/mol. The minimum absolute atomic E-state index is 0.854. The third kappa shape index (κ3) is 2.47. The van der Waals surface area contributed by atoms with Crippen LogP contribution in [0, 0.1) is 6.92 Å². The molecular weight excluding hydrogens is 300 g/mol. The molecule has 0 radical (unpaired) electrons. The van der Waals surface area contributed by atoms with Crippen molar-refractivity contribution in [2.75, 3.05) is 17.2 Å². The second kappa shape index (κ2) is 4.89. The minimum atomic E-state index is 0.854. The van der Waals surface area contributed by atoms with Crippen molar-refractivity contribution < 1.29 is 0 Å². The van der Waals surface area contributed by atoms with Crippen LogP contribution < -0.4 is 10.6 Å². The highest BCUT2D eigenvalue weighted by atomic mass is 79.9. The van der Waals surface area contributed by atoms with Crippen LogP contribution >= 0.6 is 15.9 Å². The molecule has 0 bridgehead atoms. The SMILES string of the molecule is Cc1cc(N2CCc3ccc(N)cc3C2)ccc1Br. The molecule has 0 saturated carbocycles. The Labute approximate surface area is 122 Å². The van der Waals surface area contributed by atoms with Gasteiger partial charge in [0.2, 0.25) is 0 Å². The summed E-state index contributed by atoms with van der Waals surface area (Å²) in [5.74, 6) is 0. The Kier molecular flexibility index (Phi) is 3.23. The lowest BCUT2D eigenvalue weighted by Crippen LogP contribution is -2.30. The van der Waals surface area contributed by atoms with E-state index < -0.39 is 0 Å². The smallest absolute Gasteiger partial charge is 0.0433 e. The molecule has 98 valence electrons. The summed E-state index contributed by atoms with van der Waals surface area (Å²) in [6, 6.07) is 12.8. The van der Waals surface area contributed by atoms with Crippen LogP contribution in [0.3, 0.4) is 0 Å². The van der Waals surface area contributed by atoms with Crippen molar-refractivity contribution in [2.45, 2.75) is 19.9 Å². The minimum Gasteiger partial charge on any atom is -0.399 e. The first kappa shape index (κ1) is 12.5. The maximum Gasteiger partial charge on any atom is 0.0433 e. The van der Waals surface area contributed by atoms with Gasteiger partial charge in [-0.1, -0.05) is 22.0 Å². The van der Waals surface area contributed by atoms with Crippen LogP contribution in [0.15, 0.2) is 40.9 Å². The van der Waals surface area contributed by atoms with Gasteiger partial charge >= 0.3 is 0 Å². The number of aryl methyl sites for hydroxylation is 1. The topological polar surface area (TPSA) is 29.3 Å². The molecule has 2 N–H and O–H groups in total. The largest absolute Gasteiger partial charge is 0.399 e. The number of hydrogen-bond acceptors (Lipinski definition) is 2. The Morgan fingerprint density at radius 1 is 1.11 bits per heavy atom. The summed E-state index contributed by atoms with van der Waals surface area (Å²) in [5.41, 5.74) is 12.1. The van der Waals surface area contributed by atoms with E-state index in [-0.39, 0.29) is 0 Å². The second-order valence-corrected chi connectivity index (χ2v) is 5.99. The summed E-state index contributed by atoms with van der Waals surface area (Å²) in [4.78, 5) is 2.42. The van der Waals surface area contributed by atoms with Crippen LogP contribution in [0.1, 0.15) is 16.7 Å². The van der Waals surface area contributed by atoms with Gasteiger partial charge in [-0.3, -0.25) is 0 Å². The molecule has 0 spiro atoms. The van der Waals surface area contributed by atoms with Crippen LogP contribution in [0.4, 0.5) is 11.4 Å². The molecule has 1 aliphatic rings. The van der Waals surface area contributed by atoms with Crippen molar-refractivity contribution in [3.63, 3.8) is 0 Å². The predicted molar refractivity (Wildman–Crippen MR) is 84.5 cm³/mol. The van der Waals surface area contributed by atoms with E-state index in [9.17, 15) is 0 Å². The normalized spacial score (nSPS) is 14.3. The fraction of sp³-hybridized carbons (Fsp3) is 0.250. The number of anilines is 2. The Morgan fingerprint density at radius 2 is 1.95 bits per heavy atom. The number of nitrogens with zero attached hydrogens (tertiary/aromatic N) is 1. The molecule has 0 amide bonds. The Hall–Kier alpha value is -1.48. The number of hydrogen-bond donors (Lipinski definition) is 1. The van der Waals surface area contributed by atoms with Gasteiger partial charge in [-0.05, 0) is 60.4 Å². The monoisotopic (exact) mass is 316 g/mol. The molecule has 0 atom stereocenters. The Bertz CT molecular complexity index is 622. The Morgan fingerprint density at radius 3 is 2.74 bits per heavy atom. The molecule has 2 aromatic carbocycles. The fourth-order valence-corrected chi connectivity index (χ4v) is 2.87. The zero-order chi connectivity index (χ0) is 13.4. The van der Waals surface area contributed by atoms with Crippen molar-refractivity contribution in [3.05, 3.63) is 57.6 Å². The molecule has 0 aromatic heterocycles. The van der Waals surface area contributed by atoms with Gasteiger partial charge in [-0.2, -0.15) is 0 Å². The van der Waals surface area contributed by atoms with Crippen LogP contribution in [-0.4, -0.2) is 6.54 Å². The van der Waals surface area contributed by atoms with Crippen LogP contribution in [0.25, 0.3) is 0 Å². The highest BCUT2D eigenvalue weighted by molar-refractivity contribution is 9.10. The molecule has 0 fully saturated rings. The molecular formula is C16H17BrN2. The number of rotatable bonds is 1. The van der Waals surface area contributed by atoms with Crippen LogP contribution in [0.2, 0.25) is 0 Å². The van der Waals surface area contributed by atoms with Crippen molar-refractivity contribution in [2.24, 2.45) is 0 Å². The molecule has 3 rings (SSSR count). The third-order valence-electron chi connectivity index (χ3n) is 3.75. The Balaban J connectivity index is 1.90. The van der Waals surface area contributed by atoms with Crippen molar-refractivity contribution in [3.8, 4) is 0 Å². The van der Waals surface area contributed by atoms with E-state index in [0.717, 1.165) is 29.7 Å². The zero-order valence-electron chi connectivity index (χ0n) is 11.0. The van der Waals surface area contributed by atoms with Crippen LogP contribution in [-0.2, 0) is 13.0 Å². The molecule has 2 aromatic rings. The first-order valence-electron chi connectivity index (χ1n) is 6.52. The van der Waals surface area contributed by atoms with Gasteiger partial charge in [0, 0.05) is 28.9 Å². The molecule has 3 heteroatoms. The summed E-state index contributed by atoms with van der Waals surface area (Å²) in [6.45, 7) is 4.14. The predicted octanol–water partition coefficient (Wildman–Crippen LogP) is 3.90. The van der Waals surface area contributed by atoms with Gasteiger partial charge in [-0.15, -0.1) is 0 Å². The number of halogens is 1. The van der Waals surface area contributed by atoms with Gasteiger partial charge in [0.1, 0.15) is 0 Å². The number of benzene rings is 2. The number of fused-ring (bicyclic) bond motifs is 1. The maximum absolute atomic E-state index is 5.89. The van der Waals surface area contributed by atoms with E-state index in [2.05, 4.69) is 58.1 Å². The summed E-state index contributed by atoms with van der Waals surface area (Å²) >= 11 is 3.55. The van der Waals surface area contributed by atoms with E-state index >= 15 is 0 Å². The van der Waals surface area contributed by atoms with Gasteiger partial charge in [0.25, 0.3) is 0 Å². The van der Waals surface area contributed by atoms with E-state index in [1.165, 1.54) is 22.4 Å². The van der Waals surface area contributed by atoms with Crippen molar-refractivity contribution in [1.29, 1.82) is 0 Å². The van der Waals surface area contributed by atoms with Gasteiger partial charge in [-0.25, -0.2) is 0 Å². The van der Waals surface area contributed by atoms with Gasteiger partial charge < -0.3 is 10.6 Å². The molecule has 19 heavy (non-hydrogen) atoms. The zero-order valence-corrected chi connectivity index (χ0v) is 12.6. The quantitative estimate of drug-likeness (QED) is 0.808. The lowest BCUT2D eigenvalue weighted by atomic mass is 9.98. The number of nitrogens with two attached hydrogens (primary N) is 1. The van der Waals surface area contributed by atoms with E-state index in [1.807, 2.05) is 6.07 Å². The second-order valence-electron chi connectivity index (χ2n) is 5.13. The van der Waals surface area contributed by atoms with Crippen LogP contribution in [0.5, 0.6) is 0 Å². The van der Waals surface area contributed by atoms with Crippen molar-refractivity contribution in [1.82, 2.24) is 0 Å². The third-order valence-corrected chi connectivity index (χ3v) is 4.64. The molecule has 0 unspecified atom stereocenters. The van der Waals surface area contributed by atoms with E-state index in [4.69, 9.17) is 5.73 Å². The fourth-order valence-electron chi connectivity index (χ4n) is 2.62.